The molecule has 0 unspecified atom stereocenters. The zero-order valence-corrected chi connectivity index (χ0v) is 16.8. The van der Waals surface area contributed by atoms with Crippen molar-refractivity contribution >= 4 is 16.0 Å². The van der Waals surface area contributed by atoms with Crippen molar-refractivity contribution < 1.29 is 39.3 Å². The van der Waals surface area contributed by atoms with Gasteiger partial charge < -0.3 is 15.2 Å². The third kappa shape index (κ3) is 6.13. The summed E-state index contributed by atoms with van der Waals surface area (Å²) in [6.45, 7) is -1.16. The van der Waals surface area contributed by atoms with Gasteiger partial charge in [0.2, 0.25) is 0 Å². The molecule has 8 nitrogen and oxygen atoms in total. The highest BCUT2D eigenvalue weighted by Crippen LogP contribution is 2.29. The van der Waals surface area contributed by atoms with E-state index in [0.29, 0.717) is 0 Å². The van der Waals surface area contributed by atoms with E-state index >= 15 is 0 Å². The minimum atomic E-state index is -6.15. The molecule has 0 aliphatic heterocycles. The maximum Gasteiger partial charge on any atom is 0.523 e. The molecule has 2 N–H and O–H groups in total. The Morgan fingerprint density at radius 3 is 2.40 bits per heavy atom. The summed E-state index contributed by atoms with van der Waals surface area (Å²) in [5.74, 6) is -4.50. The zero-order chi connectivity index (χ0) is 23.3. The molecule has 1 aromatic heterocycles. The van der Waals surface area contributed by atoms with Gasteiger partial charge in [-0.2, -0.15) is 30.4 Å². The number of amides is 1. The van der Waals surface area contributed by atoms with Gasteiger partial charge in [0, 0.05) is 20.3 Å². The maximum atomic E-state index is 13.9. The van der Waals surface area contributed by atoms with E-state index in [9.17, 15) is 35.2 Å². The molecule has 0 saturated heterocycles. The highest BCUT2D eigenvalue weighted by Gasteiger charge is 2.49. The van der Waals surface area contributed by atoms with Gasteiger partial charge in [-0.3, -0.25) is 8.98 Å². The van der Waals surface area contributed by atoms with Gasteiger partial charge in [0.25, 0.3) is 11.8 Å². The second-order valence-electron chi connectivity index (χ2n) is 5.92. The van der Waals surface area contributed by atoms with E-state index in [1.165, 1.54) is 30.2 Å². The first kappa shape index (κ1) is 25.3. The number of hydrogen-bond acceptors (Lipinski definition) is 6. The molecule has 30 heavy (non-hydrogen) atoms. The summed E-state index contributed by atoms with van der Waals surface area (Å²) in [6.07, 6.45) is 6.82. The van der Waals surface area contributed by atoms with Crippen molar-refractivity contribution in [3.8, 4) is 0 Å². The Kier molecular flexibility index (Phi) is 7.91. The fraction of sp³-hybridized carbons (Fsp3) is 0.375. The molecule has 1 rings (SSSR count). The largest absolute Gasteiger partial charge is 0.523 e. The SMILES string of the molecule is CC(=C/C=C\C(=C/N)N(C)C(=O)c1cncn1C)C(F)(F)COS(=O)(=O)C(F)(F)F. The van der Waals surface area contributed by atoms with E-state index in [1.54, 1.807) is 7.05 Å². The molecule has 168 valence electrons. The summed E-state index contributed by atoms with van der Waals surface area (Å²) in [4.78, 5) is 17.3. The molecule has 1 aromatic rings. The Morgan fingerprint density at radius 1 is 1.33 bits per heavy atom. The average molecular weight is 458 g/mol. The fourth-order valence-electron chi connectivity index (χ4n) is 1.88. The molecule has 1 heterocycles. The highest BCUT2D eigenvalue weighted by molar-refractivity contribution is 7.87. The van der Waals surface area contributed by atoms with Crippen molar-refractivity contribution in [3.63, 3.8) is 0 Å². The summed E-state index contributed by atoms with van der Waals surface area (Å²) in [7, 11) is -3.19. The number of carbonyl (C=O) groups excluding carboxylic acids is 1. The monoisotopic (exact) mass is 458 g/mol. The summed E-state index contributed by atoms with van der Waals surface area (Å²) < 4.78 is 90.6. The van der Waals surface area contributed by atoms with Crippen LogP contribution < -0.4 is 5.73 Å². The van der Waals surface area contributed by atoms with E-state index in [1.807, 2.05) is 0 Å². The van der Waals surface area contributed by atoms with Crippen LogP contribution in [0, 0.1) is 0 Å². The van der Waals surface area contributed by atoms with Crippen LogP contribution in [0.3, 0.4) is 0 Å². The lowest BCUT2D eigenvalue weighted by Crippen LogP contribution is -2.32. The molecule has 1 amide bonds. The Hall–Kier alpha value is -2.74. The molecular weight excluding hydrogens is 439 g/mol. The maximum absolute atomic E-state index is 13.9. The fourth-order valence-corrected chi connectivity index (χ4v) is 2.31. The summed E-state index contributed by atoms with van der Waals surface area (Å²) >= 11 is 0. The molecule has 0 aliphatic rings. The van der Waals surface area contributed by atoms with Crippen molar-refractivity contribution in [1.82, 2.24) is 14.5 Å². The average Bonchev–Trinajstić information content (AvgIpc) is 3.07. The number of imidazole rings is 1. The predicted molar refractivity (Wildman–Crippen MR) is 96.3 cm³/mol. The lowest BCUT2D eigenvalue weighted by molar-refractivity contribution is -0.0638. The molecule has 0 aliphatic carbocycles. The standard InChI is InChI=1S/C16H19F5N4O4S/c1-11(15(17,18)9-29-30(27,28)16(19,20)21)5-4-6-12(7-22)25(3)14(26)13-8-23-10-24(13)2/h4-8,10H,9,22H2,1-3H3/b6-4-,11-5?,12-7+. The number of alkyl halides is 5. The van der Waals surface area contributed by atoms with Crippen LogP contribution >= 0.6 is 0 Å². The number of carbonyl (C=O) groups is 1. The summed E-state index contributed by atoms with van der Waals surface area (Å²) in [5.41, 5.74) is -0.803. The van der Waals surface area contributed by atoms with Crippen LogP contribution in [0.25, 0.3) is 0 Å². The molecule has 0 atom stereocenters. The van der Waals surface area contributed by atoms with Gasteiger partial charge in [-0.1, -0.05) is 12.2 Å². The minimum absolute atomic E-state index is 0.115. The van der Waals surface area contributed by atoms with Crippen LogP contribution in [0.4, 0.5) is 22.0 Å². The summed E-state index contributed by atoms with van der Waals surface area (Å²) in [6, 6.07) is 0. The van der Waals surface area contributed by atoms with E-state index in [0.717, 1.165) is 30.2 Å². The van der Waals surface area contributed by atoms with Crippen LogP contribution in [0.2, 0.25) is 0 Å². The van der Waals surface area contributed by atoms with Gasteiger partial charge in [0.15, 0.2) is 0 Å². The van der Waals surface area contributed by atoms with Crippen LogP contribution in [0.1, 0.15) is 17.4 Å². The zero-order valence-electron chi connectivity index (χ0n) is 16.0. The molecule has 0 aromatic carbocycles. The number of aryl methyl sites for hydroxylation is 1. The lowest BCUT2D eigenvalue weighted by atomic mass is 10.1. The van der Waals surface area contributed by atoms with Gasteiger partial charge in [-0.05, 0) is 18.6 Å². The third-order valence-corrected chi connectivity index (χ3v) is 4.76. The van der Waals surface area contributed by atoms with Gasteiger partial charge in [-0.15, -0.1) is 0 Å². The van der Waals surface area contributed by atoms with Crippen LogP contribution in [-0.2, 0) is 21.3 Å². The first-order valence-electron chi connectivity index (χ1n) is 7.99. The van der Waals surface area contributed by atoms with Crippen molar-refractivity contribution in [2.75, 3.05) is 13.7 Å². The number of rotatable bonds is 8. The quantitative estimate of drug-likeness (QED) is 0.277. The molecule has 14 heteroatoms. The van der Waals surface area contributed by atoms with E-state index < -0.39 is 39.6 Å². The first-order valence-corrected chi connectivity index (χ1v) is 9.40. The van der Waals surface area contributed by atoms with Crippen LogP contribution in [0.15, 0.2) is 48.2 Å². The highest BCUT2D eigenvalue weighted by atomic mass is 32.2. The number of halogens is 5. The number of aromatic nitrogens is 2. The van der Waals surface area contributed by atoms with E-state index in [4.69, 9.17) is 5.73 Å². The first-order chi connectivity index (χ1) is 13.6. The lowest BCUT2D eigenvalue weighted by Gasteiger charge is -2.18. The van der Waals surface area contributed by atoms with Crippen LogP contribution in [-0.4, -0.2) is 53.9 Å². The number of allylic oxidation sites excluding steroid dienone is 3. The van der Waals surface area contributed by atoms with Crippen molar-refractivity contribution in [3.05, 3.63) is 53.9 Å². The minimum Gasteiger partial charge on any atom is -0.403 e. The second-order valence-corrected chi connectivity index (χ2v) is 7.53. The third-order valence-electron chi connectivity index (χ3n) is 3.77. The Morgan fingerprint density at radius 2 is 1.93 bits per heavy atom. The smallest absolute Gasteiger partial charge is 0.403 e. The molecule has 0 bridgehead atoms. The number of likely N-dealkylation sites (N-methyl/N-ethyl adjacent to an activating group) is 1. The van der Waals surface area contributed by atoms with Crippen molar-refractivity contribution in [1.29, 1.82) is 0 Å². The van der Waals surface area contributed by atoms with E-state index in [-0.39, 0.29) is 11.4 Å². The molecule has 0 saturated carbocycles. The Balaban J connectivity index is 2.89. The number of hydrogen-bond donors (Lipinski definition) is 1. The van der Waals surface area contributed by atoms with Gasteiger partial charge in [0.1, 0.15) is 12.3 Å². The van der Waals surface area contributed by atoms with Crippen LogP contribution in [0.5, 0.6) is 0 Å². The second kappa shape index (κ2) is 9.38. The van der Waals surface area contributed by atoms with Gasteiger partial charge in [0.05, 0.1) is 18.2 Å². The predicted octanol–water partition coefficient (Wildman–Crippen LogP) is 2.30. The Bertz CT molecular complexity index is 965. The number of nitrogens with zero attached hydrogens (tertiary/aromatic N) is 3. The van der Waals surface area contributed by atoms with Crippen molar-refractivity contribution in [2.24, 2.45) is 12.8 Å². The summed E-state index contributed by atoms with van der Waals surface area (Å²) in [5, 5.41) is 0. The normalized spacial score (nSPS) is 14.4. The Labute approximate surface area is 169 Å². The van der Waals surface area contributed by atoms with Gasteiger partial charge in [-0.25, -0.2) is 4.98 Å². The number of nitrogens with two attached hydrogens (primary N) is 1. The topological polar surface area (TPSA) is 108 Å². The molecule has 0 radical (unpaired) electrons. The van der Waals surface area contributed by atoms with E-state index in [2.05, 4.69) is 9.17 Å². The van der Waals surface area contributed by atoms with Gasteiger partial charge >= 0.3 is 15.6 Å². The molecular formula is C16H19F5N4O4S. The molecule has 0 spiro atoms. The van der Waals surface area contributed by atoms with Crippen molar-refractivity contribution in [2.45, 2.75) is 18.4 Å². The molecule has 0 fully saturated rings.